The van der Waals surface area contributed by atoms with Crippen molar-refractivity contribution in [2.75, 3.05) is 26.2 Å². The molecule has 1 N–H and O–H groups in total. The van der Waals surface area contributed by atoms with E-state index in [-0.39, 0.29) is 5.41 Å². The molecule has 0 radical (unpaired) electrons. The van der Waals surface area contributed by atoms with Crippen molar-refractivity contribution in [1.29, 1.82) is 0 Å². The van der Waals surface area contributed by atoms with Crippen LogP contribution in [0.1, 0.15) is 40.0 Å². The fourth-order valence-electron chi connectivity index (χ4n) is 2.20. The summed E-state index contributed by atoms with van der Waals surface area (Å²) in [7, 11) is 0. The second-order valence-electron chi connectivity index (χ2n) is 5.12. The lowest BCUT2D eigenvalue weighted by molar-refractivity contribution is 0.0933. The number of aliphatic hydroxyl groups is 1. The van der Waals surface area contributed by atoms with Crippen molar-refractivity contribution >= 4 is 0 Å². The van der Waals surface area contributed by atoms with Crippen LogP contribution < -0.4 is 0 Å². The lowest BCUT2D eigenvalue weighted by Gasteiger charge is -2.31. The van der Waals surface area contributed by atoms with Crippen LogP contribution in [0.5, 0.6) is 0 Å². The van der Waals surface area contributed by atoms with Crippen LogP contribution in [-0.4, -0.2) is 36.2 Å². The van der Waals surface area contributed by atoms with Gasteiger partial charge in [-0.05, 0) is 25.3 Å². The predicted molar refractivity (Wildman–Crippen MR) is 60.3 cm³/mol. The van der Waals surface area contributed by atoms with Crippen molar-refractivity contribution in [1.82, 2.24) is 4.90 Å². The summed E-state index contributed by atoms with van der Waals surface area (Å²) in [5, 5.41) is 9.34. The molecule has 0 amide bonds. The maximum absolute atomic E-state index is 9.34. The average Bonchev–Trinajstić information content (AvgIpc) is 2.65. The van der Waals surface area contributed by atoms with Gasteiger partial charge in [0, 0.05) is 25.1 Å². The van der Waals surface area contributed by atoms with Gasteiger partial charge in [-0.3, -0.25) is 0 Å². The Hall–Kier alpha value is -0.0800. The van der Waals surface area contributed by atoms with Crippen molar-refractivity contribution in [3.05, 3.63) is 0 Å². The van der Waals surface area contributed by atoms with Crippen LogP contribution >= 0.6 is 0 Å². The third-order valence-corrected chi connectivity index (χ3v) is 3.79. The number of hydrogen-bond donors (Lipinski definition) is 1. The first-order valence-electron chi connectivity index (χ1n) is 5.96. The largest absolute Gasteiger partial charge is 0.396 e. The zero-order chi connectivity index (χ0) is 10.6. The number of rotatable bonds is 5. The Labute approximate surface area is 88.3 Å². The minimum atomic E-state index is 0.114. The van der Waals surface area contributed by atoms with Crippen molar-refractivity contribution in [3.63, 3.8) is 0 Å². The quantitative estimate of drug-likeness (QED) is 0.733. The Balaban J connectivity index is 2.37. The molecule has 1 heterocycles. The van der Waals surface area contributed by atoms with E-state index in [0.29, 0.717) is 6.61 Å². The average molecular weight is 199 g/mol. The third-order valence-electron chi connectivity index (χ3n) is 3.79. The van der Waals surface area contributed by atoms with E-state index in [1.807, 2.05) is 0 Å². The summed E-state index contributed by atoms with van der Waals surface area (Å²) in [4.78, 5) is 2.52. The molecule has 14 heavy (non-hydrogen) atoms. The van der Waals surface area contributed by atoms with Crippen LogP contribution in [0, 0.1) is 11.3 Å². The molecule has 0 aromatic heterocycles. The molecule has 2 unspecified atom stereocenters. The highest BCUT2D eigenvalue weighted by molar-refractivity contribution is 4.81. The van der Waals surface area contributed by atoms with Crippen molar-refractivity contribution < 1.29 is 5.11 Å². The van der Waals surface area contributed by atoms with Gasteiger partial charge in [-0.2, -0.15) is 0 Å². The molecule has 1 fully saturated rings. The van der Waals surface area contributed by atoms with E-state index >= 15 is 0 Å². The smallest absolute Gasteiger partial charge is 0.0496 e. The molecule has 0 bridgehead atoms. The van der Waals surface area contributed by atoms with Crippen LogP contribution in [0.15, 0.2) is 0 Å². The van der Waals surface area contributed by atoms with Gasteiger partial charge in [0.1, 0.15) is 0 Å². The minimum Gasteiger partial charge on any atom is -0.396 e. The van der Waals surface area contributed by atoms with Crippen LogP contribution in [0.4, 0.5) is 0 Å². The van der Waals surface area contributed by atoms with Gasteiger partial charge in [0.25, 0.3) is 0 Å². The van der Waals surface area contributed by atoms with Gasteiger partial charge in [-0.25, -0.2) is 0 Å². The van der Waals surface area contributed by atoms with Gasteiger partial charge in [0.2, 0.25) is 0 Å². The molecule has 2 nitrogen and oxygen atoms in total. The molecule has 1 aliphatic rings. The van der Waals surface area contributed by atoms with Crippen LogP contribution in [0.3, 0.4) is 0 Å². The zero-order valence-corrected chi connectivity index (χ0v) is 9.92. The van der Waals surface area contributed by atoms with Gasteiger partial charge in [-0.1, -0.05) is 27.2 Å². The van der Waals surface area contributed by atoms with Crippen LogP contribution in [-0.2, 0) is 0 Å². The highest BCUT2D eigenvalue weighted by atomic mass is 16.3. The zero-order valence-electron chi connectivity index (χ0n) is 9.92. The first-order valence-corrected chi connectivity index (χ1v) is 5.96. The van der Waals surface area contributed by atoms with Gasteiger partial charge in [0.05, 0.1) is 0 Å². The summed E-state index contributed by atoms with van der Waals surface area (Å²) in [6.07, 6.45) is 3.72. The lowest BCUT2D eigenvalue weighted by atomic mass is 9.88. The number of aliphatic hydroxyl groups excluding tert-OH is 1. The van der Waals surface area contributed by atoms with E-state index in [0.717, 1.165) is 18.9 Å². The van der Waals surface area contributed by atoms with E-state index < -0.39 is 0 Å². The number of nitrogens with zero attached hydrogens (tertiary/aromatic N) is 1. The fourth-order valence-corrected chi connectivity index (χ4v) is 2.20. The van der Waals surface area contributed by atoms with Crippen molar-refractivity contribution in [2.45, 2.75) is 40.0 Å². The second-order valence-corrected chi connectivity index (χ2v) is 5.12. The van der Waals surface area contributed by atoms with Crippen molar-refractivity contribution in [2.24, 2.45) is 11.3 Å². The highest BCUT2D eigenvalue weighted by Gasteiger charge is 2.28. The maximum atomic E-state index is 9.34. The Morgan fingerprint density at radius 2 is 2.14 bits per heavy atom. The van der Waals surface area contributed by atoms with E-state index in [9.17, 15) is 5.11 Å². The second kappa shape index (κ2) is 5.13. The molecular formula is C12H25NO. The Bertz CT molecular complexity index is 166. The van der Waals surface area contributed by atoms with Crippen LogP contribution in [0.25, 0.3) is 0 Å². The van der Waals surface area contributed by atoms with Gasteiger partial charge >= 0.3 is 0 Å². The van der Waals surface area contributed by atoms with Gasteiger partial charge in [0.15, 0.2) is 0 Å². The first kappa shape index (κ1) is 12.0. The first-order chi connectivity index (χ1) is 6.63. The molecule has 1 aliphatic heterocycles. The Kier molecular flexibility index (Phi) is 4.39. The highest BCUT2D eigenvalue weighted by Crippen LogP contribution is 2.26. The summed E-state index contributed by atoms with van der Waals surface area (Å²) < 4.78 is 0. The molecule has 0 spiro atoms. The molecule has 1 rings (SSSR count). The molecule has 0 aromatic carbocycles. The molecule has 2 heteroatoms. The van der Waals surface area contributed by atoms with E-state index in [1.165, 1.54) is 25.9 Å². The van der Waals surface area contributed by atoms with E-state index in [2.05, 4.69) is 25.7 Å². The topological polar surface area (TPSA) is 23.5 Å². The third kappa shape index (κ3) is 2.96. The predicted octanol–water partition coefficient (Wildman–Crippen LogP) is 2.13. The monoisotopic (exact) mass is 199 g/mol. The molecule has 1 saturated heterocycles. The maximum Gasteiger partial charge on any atom is 0.0496 e. The number of hydrogen-bond acceptors (Lipinski definition) is 2. The van der Waals surface area contributed by atoms with E-state index in [1.54, 1.807) is 0 Å². The molecule has 0 aliphatic carbocycles. The van der Waals surface area contributed by atoms with E-state index in [4.69, 9.17) is 0 Å². The Morgan fingerprint density at radius 3 is 2.57 bits per heavy atom. The van der Waals surface area contributed by atoms with Crippen LogP contribution in [0.2, 0.25) is 0 Å². The standard InChI is InChI=1S/C12H25NO/c1-4-11-6-7-13(8-11)9-12(3,5-2)10-14/h11,14H,4-10H2,1-3H3. The SMILES string of the molecule is CCC1CCN(CC(C)(CC)CO)C1. The summed E-state index contributed by atoms with van der Waals surface area (Å²) in [5.41, 5.74) is 0.114. The normalized spacial score (nSPS) is 27.9. The summed E-state index contributed by atoms with van der Waals surface area (Å²) >= 11 is 0. The number of likely N-dealkylation sites (tertiary alicyclic amines) is 1. The fraction of sp³-hybridized carbons (Fsp3) is 1.00. The van der Waals surface area contributed by atoms with Gasteiger partial charge < -0.3 is 10.0 Å². The summed E-state index contributed by atoms with van der Waals surface area (Å²) in [6, 6.07) is 0. The summed E-state index contributed by atoms with van der Waals surface area (Å²) in [5.74, 6) is 0.898. The molecule has 2 atom stereocenters. The molecular weight excluding hydrogens is 174 g/mol. The van der Waals surface area contributed by atoms with Crippen molar-refractivity contribution in [3.8, 4) is 0 Å². The minimum absolute atomic E-state index is 0.114. The molecule has 0 saturated carbocycles. The Morgan fingerprint density at radius 1 is 1.43 bits per heavy atom. The lowest BCUT2D eigenvalue weighted by Crippen LogP contribution is -2.36. The molecule has 0 aromatic rings. The summed E-state index contributed by atoms with van der Waals surface area (Å²) in [6.45, 7) is 10.5. The van der Waals surface area contributed by atoms with Gasteiger partial charge in [-0.15, -0.1) is 0 Å². The molecule has 84 valence electrons.